The second kappa shape index (κ2) is 8.96. The van der Waals surface area contributed by atoms with Crippen LogP contribution >= 0.6 is 0 Å². The normalized spacial score (nSPS) is 11.3. The molecule has 6 heteroatoms. The molecule has 0 aliphatic rings. The monoisotopic (exact) mass is 374 g/mol. The van der Waals surface area contributed by atoms with Crippen molar-refractivity contribution in [2.75, 3.05) is 23.7 Å². The highest BCUT2D eigenvalue weighted by atomic mass is 32.2. The first kappa shape index (κ1) is 20.1. The minimum atomic E-state index is -3.39. The second-order valence-electron chi connectivity index (χ2n) is 6.34. The number of amides is 1. The van der Waals surface area contributed by atoms with Crippen molar-refractivity contribution in [2.45, 2.75) is 27.2 Å². The molecule has 0 spiro atoms. The molecule has 0 aromatic heterocycles. The van der Waals surface area contributed by atoms with Crippen LogP contribution in [0.1, 0.15) is 23.6 Å². The van der Waals surface area contributed by atoms with Crippen LogP contribution in [0.25, 0.3) is 0 Å². The summed E-state index contributed by atoms with van der Waals surface area (Å²) in [6.07, 6.45) is 0.462. The van der Waals surface area contributed by atoms with Gasteiger partial charge in [-0.25, -0.2) is 13.1 Å². The summed E-state index contributed by atoms with van der Waals surface area (Å²) in [5, 5.41) is 0. The summed E-state index contributed by atoms with van der Waals surface area (Å²) in [6.45, 7) is 5.92. The fraction of sp³-hybridized carbons (Fsp3) is 0.350. The average Bonchev–Trinajstić information content (AvgIpc) is 2.61. The van der Waals surface area contributed by atoms with E-state index >= 15 is 0 Å². The van der Waals surface area contributed by atoms with Gasteiger partial charge in [-0.15, -0.1) is 0 Å². The van der Waals surface area contributed by atoms with Gasteiger partial charge in [0, 0.05) is 25.7 Å². The summed E-state index contributed by atoms with van der Waals surface area (Å²) in [5.41, 5.74) is 3.92. The Balaban J connectivity index is 1.95. The van der Waals surface area contributed by atoms with Crippen molar-refractivity contribution in [1.29, 1.82) is 0 Å². The molecule has 2 aromatic rings. The maximum Gasteiger partial charge on any atom is 0.223 e. The highest BCUT2D eigenvalue weighted by Crippen LogP contribution is 2.22. The van der Waals surface area contributed by atoms with Gasteiger partial charge < -0.3 is 4.90 Å². The van der Waals surface area contributed by atoms with Crippen LogP contribution in [0.4, 0.5) is 5.69 Å². The number of nitrogens with one attached hydrogen (secondary N) is 1. The number of benzene rings is 2. The summed E-state index contributed by atoms with van der Waals surface area (Å²) < 4.78 is 27.0. The first-order chi connectivity index (χ1) is 12.3. The quantitative estimate of drug-likeness (QED) is 0.773. The van der Waals surface area contributed by atoms with Crippen LogP contribution < -0.4 is 9.62 Å². The van der Waals surface area contributed by atoms with Gasteiger partial charge in [-0.1, -0.05) is 42.5 Å². The van der Waals surface area contributed by atoms with E-state index in [9.17, 15) is 13.2 Å². The molecule has 1 amide bonds. The Morgan fingerprint density at radius 2 is 1.73 bits per heavy atom. The number of aryl methyl sites for hydroxylation is 2. The molecule has 2 rings (SSSR count). The van der Waals surface area contributed by atoms with Crippen molar-refractivity contribution >= 4 is 21.6 Å². The first-order valence-corrected chi connectivity index (χ1v) is 10.3. The van der Waals surface area contributed by atoms with Gasteiger partial charge >= 0.3 is 0 Å². The number of nitrogens with zero attached hydrogens (tertiary/aromatic N) is 1. The topological polar surface area (TPSA) is 66.5 Å². The number of carbonyl (C=O) groups is 1. The fourth-order valence-corrected chi connectivity index (χ4v) is 3.81. The van der Waals surface area contributed by atoms with E-state index in [1.54, 1.807) is 4.90 Å². The standard InChI is InChI=1S/C20H26N2O3S/c1-16-8-7-11-20(17(16)2)22(18(3)23)14-13-21-26(24,25)15-12-19-9-5-4-6-10-19/h4-11,21H,12-15H2,1-3H3. The van der Waals surface area contributed by atoms with E-state index in [-0.39, 0.29) is 18.2 Å². The minimum absolute atomic E-state index is 0.0283. The van der Waals surface area contributed by atoms with Crippen molar-refractivity contribution in [1.82, 2.24) is 4.72 Å². The molecule has 1 N–H and O–H groups in total. The largest absolute Gasteiger partial charge is 0.311 e. The summed E-state index contributed by atoms with van der Waals surface area (Å²) in [5.74, 6) is -0.0808. The molecule has 0 radical (unpaired) electrons. The van der Waals surface area contributed by atoms with E-state index in [1.165, 1.54) is 6.92 Å². The molecular formula is C20H26N2O3S. The van der Waals surface area contributed by atoms with Gasteiger partial charge in [0.1, 0.15) is 0 Å². The molecule has 0 bridgehead atoms. The van der Waals surface area contributed by atoms with E-state index in [4.69, 9.17) is 0 Å². The smallest absolute Gasteiger partial charge is 0.223 e. The van der Waals surface area contributed by atoms with Crippen LogP contribution in [0.2, 0.25) is 0 Å². The van der Waals surface area contributed by atoms with Crippen molar-refractivity contribution in [2.24, 2.45) is 0 Å². The third kappa shape index (κ3) is 5.68. The maximum absolute atomic E-state index is 12.2. The maximum atomic E-state index is 12.2. The van der Waals surface area contributed by atoms with Crippen molar-refractivity contribution in [3.8, 4) is 0 Å². The zero-order chi connectivity index (χ0) is 19.2. The molecule has 0 atom stereocenters. The van der Waals surface area contributed by atoms with E-state index in [1.807, 2.05) is 62.4 Å². The molecule has 0 aliphatic carbocycles. The van der Waals surface area contributed by atoms with Gasteiger partial charge in [0.15, 0.2) is 0 Å². The number of sulfonamides is 1. The molecule has 0 aliphatic heterocycles. The Bertz CT molecular complexity index is 849. The van der Waals surface area contributed by atoms with E-state index in [0.29, 0.717) is 13.0 Å². The third-order valence-corrected chi connectivity index (χ3v) is 5.79. The molecule has 0 saturated carbocycles. The predicted molar refractivity (Wildman–Crippen MR) is 106 cm³/mol. The average molecular weight is 375 g/mol. The number of anilines is 1. The van der Waals surface area contributed by atoms with Gasteiger partial charge in [0.25, 0.3) is 0 Å². The molecule has 0 fully saturated rings. The Labute approximate surface area is 156 Å². The molecular weight excluding hydrogens is 348 g/mol. The van der Waals surface area contributed by atoms with Gasteiger partial charge in [-0.2, -0.15) is 0 Å². The van der Waals surface area contributed by atoms with Gasteiger partial charge in [0.2, 0.25) is 15.9 Å². The van der Waals surface area contributed by atoms with Crippen molar-refractivity contribution < 1.29 is 13.2 Å². The predicted octanol–water partition coefficient (Wildman–Crippen LogP) is 2.82. The summed E-state index contributed by atoms with van der Waals surface area (Å²) in [7, 11) is -3.39. The Morgan fingerprint density at radius 1 is 1.04 bits per heavy atom. The zero-order valence-corrected chi connectivity index (χ0v) is 16.3. The lowest BCUT2D eigenvalue weighted by Crippen LogP contribution is -2.38. The molecule has 140 valence electrons. The highest BCUT2D eigenvalue weighted by Gasteiger charge is 2.16. The summed E-state index contributed by atoms with van der Waals surface area (Å²) in [4.78, 5) is 13.6. The van der Waals surface area contributed by atoms with E-state index < -0.39 is 10.0 Å². The fourth-order valence-electron chi connectivity index (χ4n) is 2.76. The van der Waals surface area contributed by atoms with Gasteiger partial charge in [-0.05, 0) is 43.0 Å². The lowest BCUT2D eigenvalue weighted by Gasteiger charge is -2.24. The summed E-state index contributed by atoms with van der Waals surface area (Å²) >= 11 is 0. The van der Waals surface area contributed by atoms with Crippen LogP contribution in [0, 0.1) is 13.8 Å². The molecule has 0 saturated heterocycles. The van der Waals surface area contributed by atoms with Crippen LogP contribution in [-0.2, 0) is 21.2 Å². The molecule has 0 unspecified atom stereocenters. The van der Waals surface area contributed by atoms with Crippen molar-refractivity contribution in [3.63, 3.8) is 0 Å². The lowest BCUT2D eigenvalue weighted by atomic mass is 10.1. The number of hydrogen-bond donors (Lipinski definition) is 1. The van der Waals surface area contributed by atoms with Crippen LogP contribution in [0.3, 0.4) is 0 Å². The Hall–Kier alpha value is -2.18. The highest BCUT2D eigenvalue weighted by molar-refractivity contribution is 7.89. The third-order valence-electron chi connectivity index (χ3n) is 4.41. The number of rotatable bonds is 8. The van der Waals surface area contributed by atoms with Crippen molar-refractivity contribution in [3.05, 3.63) is 65.2 Å². The molecule has 26 heavy (non-hydrogen) atoms. The van der Waals surface area contributed by atoms with Gasteiger partial charge in [0.05, 0.1) is 5.75 Å². The van der Waals surface area contributed by atoms with Crippen LogP contribution in [0.5, 0.6) is 0 Å². The zero-order valence-electron chi connectivity index (χ0n) is 15.5. The Kier molecular flexibility index (Phi) is 6.94. The molecule has 2 aromatic carbocycles. The van der Waals surface area contributed by atoms with Crippen LogP contribution in [0.15, 0.2) is 48.5 Å². The SMILES string of the molecule is CC(=O)N(CCNS(=O)(=O)CCc1ccccc1)c1cccc(C)c1C. The summed E-state index contributed by atoms with van der Waals surface area (Å²) in [6, 6.07) is 15.3. The molecule has 5 nitrogen and oxygen atoms in total. The molecule has 0 heterocycles. The van der Waals surface area contributed by atoms with Crippen LogP contribution in [-0.4, -0.2) is 33.2 Å². The van der Waals surface area contributed by atoms with E-state index in [0.717, 1.165) is 22.4 Å². The lowest BCUT2D eigenvalue weighted by molar-refractivity contribution is -0.116. The van der Waals surface area contributed by atoms with E-state index in [2.05, 4.69) is 4.72 Å². The van der Waals surface area contributed by atoms with Gasteiger partial charge in [-0.3, -0.25) is 4.79 Å². The number of hydrogen-bond acceptors (Lipinski definition) is 3. The Morgan fingerprint density at radius 3 is 2.38 bits per heavy atom. The minimum Gasteiger partial charge on any atom is -0.311 e. The first-order valence-electron chi connectivity index (χ1n) is 8.66. The number of carbonyl (C=O) groups excluding carboxylic acids is 1. The second-order valence-corrected chi connectivity index (χ2v) is 8.26.